The van der Waals surface area contributed by atoms with Gasteiger partial charge in [-0.2, -0.15) is 0 Å². The van der Waals surface area contributed by atoms with Gasteiger partial charge in [0.1, 0.15) is 0 Å². The summed E-state index contributed by atoms with van der Waals surface area (Å²) in [5.41, 5.74) is 35.3. The summed E-state index contributed by atoms with van der Waals surface area (Å²) in [6.07, 6.45) is 6.00. The highest BCUT2D eigenvalue weighted by Gasteiger charge is 2.71. The summed E-state index contributed by atoms with van der Waals surface area (Å²) in [4.78, 5) is 10.3. The van der Waals surface area contributed by atoms with Gasteiger partial charge in [0.05, 0.1) is 0 Å². The van der Waals surface area contributed by atoms with E-state index in [1.54, 1.807) is 5.57 Å². The lowest BCUT2D eigenvalue weighted by atomic mass is 9.33. The zero-order chi connectivity index (χ0) is 56.6. The predicted molar refractivity (Wildman–Crippen MR) is 363 cm³/mol. The Morgan fingerprint density at radius 2 is 0.736 bits per heavy atom. The van der Waals surface area contributed by atoms with Crippen molar-refractivity contribution in [3.05, 3.63) is 336 Å². The van der Waals surface area contributed by atoms with Gasteiger partial charge in [-0.05, 0) is 186 Å². The van der Waals surface area contributed by atoms with Gasteiger partial charge in [0.25, 0.3) is 13.4 Å². The molecule has 4 heterocycles. The summed E-state index contributed by atoms with van der Waals surface area (Å²) >= 11 is 0. The van der Waals surface area contributed by atoms with Crippen molar-refractivity contribution < 1.29 is 0 Å². The average Bonchev–Trinajstić information content (AvgIpc) is 1.50. The summed E-state index contributed by atoms with van der Waals surface area (Å²) in [5.74, 6) is 0.526. The summed E-state index contributed by atoms with van der Waals surface area (Å²) in [6.45, 7) is 0.0888. The maximum atomic E-state index is 2.62. The maximum absolute atomic E-state index is 2.62. The first kappa shape index (κ1) is 47.8. The molecule has 4 atom stereocenters. The van der Waals surface area contributed by atoms with Crippen molar-refractivity contribution in [3.8, 4) is 11.1 Å². The predicted octanol–water partition coefficient (Wildman–Crippen LogP) is 16.1. The number of allylic oxidation sites excluding steroid dienone is 4. The summed E-state index contributed by atoms with van der Waals surface area (Å²) in [5, 5.41) is 0. The summed E-state index contributed by atoms with van der Waals surface area (Å²) < 4.78 is 0. The van der Waals surface area contributed by atoms with E-state index in [9.17, 15) is 0 Å². The number of anilines is 12. The molecule has 20 rings (SSSR count). The van der Waals surface area contributed by atoms with Crippen LogP contribution in [0.5, 0.6) is 0 Å². The number of fused-ring (bicyclic) bond motifs is 14. The molecule has 4 aliphatic carbocycles. The molecule has 0 N–H and O–H groups in total. The van der Waals surface area contributed by atoms with Crippen molar-refractivity contribution in [1.29, 1.82) is 0 Å². The molecule has 12 aromatic carbocycles. The molecule has 87 heavy (non-hydrogen) atoms. The minimum absolute atomic E-state index is 0.0373. The van der Waals surface area contributed by atoms with E-state index < -0.39 is 0 Å². The molecule has 0 saturated carbocycles. The first-order chi connectivity index (χ1) is 43.2. The molecule has 8 aliphatic rings. The maximum Gasteiger partial charge on any atom is 0.252 e. The highest BCUT2D eigenvalue weighted by molar-refractivity contribution is 7.01. The molecule has 4 nitrogen and oxygen atoms in total. The van der Waals surface area contributed by atoms with Crippen molar-refractivity contribution in [2.45, 2.75) is 29.6 Å². The Hall–Kier alpha value is -10.6. The van der Waals surface area contributed by atoms with Crippen molar-refractivity contribution in [2.75, 3.05) is 19.6 Å². The molecule has 0 fully saturated rings. The second kappa shape index (κ2) is 17.8. The zero-order valence-corrected chi connectivity index (χ0v) is 47.7. The van der Waals surface area contributed by atoms with Crippen LogP contribution in [-0.2, 0) is 5.41 Å². The van der Waals surface area contributed by atoms with E-state index in [0.29, 0.717) is 0 Å². The van der Waals surface area contributed by atoms with Gasteiger partial charge >= 0.3 is 0 Å². The van der Waals surface area contributed by atoms with Crippen LogP contribution in [0.25, 0.3) is 11.1 Å². The lowest BCUT2D eigenvalue weighted by molar-refractivity contribution is 0.310. The van der Waals surface area contributed by atoms with Gasteiger partial charge in [0, 0.05) is 91.4 Å². The Kier molecular flexibility index (Phi) is 9.75. The van der Waals surface area contributed by atoms with Gasteiger partial charge in [0.15, 0.2) is 0 Å². The molecule has 12 aromatic rings. The third-order valence-corrected chi connectivity index (χ3v) is 21.0. The van der Waals surface area contributed by atoms with Gasteiger partial charge < -0.3 is 19.6 Å². The number of nitrogens with zero attached hydrogens (tertiary/aromatic N) is 4. The van der Waals surface area contributed by atoms with E-state index >= 15 is 0 Å². The monoisotopic (exact) mass is 1100 g/mol. The lowest BCUT2D eigenvalue weighted by Crippen LogP contribution is -2.61. The number of hydrogen-bond acceptors (Lipinski definition) is 4. The van der Waals surface area contributed by atoms with Crippen molar-refractivity contribution in [1.82, 2.24) is 0 Å². The third kappa shape index (κ3) is 6.19. The van der Waals surface area contributed by atoms with Crippen LogP contribution < -0.4 is 52.4 Å². The molecule has 0 radical (unpaired) electrons. The molecule has 0 saturated heterocycles. The molecule has 0 amide bonds. The molecule has 0 aromatic heterocycles. The van der Waals surface area contributed by atoms with Crippen LogP contribution in [0.1, 0.15) is 52.0 Å². The fourth-order valence-electron chi connectivity index (χ4n) is 18.0. The Morgan fingerprint density at radius 1 is 0.345 bits per heavy atom. The Bertz CT molecular complexity index is 4760. The van der Waals surface area contributed by atoms with Crippen LogP contribution in [0, 0.1) is 0 Å². The minimum Gasteiger partial charge on any atom is -0.311 e. The van der Waals surface area contributed by atoms with Crippen molar-refractivity contribution in [3.63, 3.8) is 0 Å². The zero-order valence-electron chi connectivity index (χ0n) is 47.7. The number of para-hydroxylation sites is 8. The molecule has 4 aliphatic heterocycles. The van der Waals surface area contributed by atoms with Crippen molar-refractivity contribution >= 4 is 114 Å². The quantitative estimate of drug-likeness (QED) is 0.154. The van der Waals surface area contributed by atoms with E-state index in [4.69, 9.17) is 0 Å². The average molecular weight is 1100 g/mol. The lowest BCUT2D eigenvalue weighted by Gasteiger charge is -2.61. The third-order valence-electron chi connectivity index (χ3n) is 21.0. The SMILES string of the molecule is C1=CC2=C([C@@H](c3cc4c5c(c3)N(c3ccccc3)c3ccccc3B5c3ccccc3N4c3ccccc3)C1)[C@H]1c3c(-c4cc5c6c(c4)N(c4ccccc4)c4ccccc4B6c4ccccc4N5c4ccccc4)cccc3C3c4ccccc4[C@@]231. The molecule has 0 bridgehead atoms. The first-order valence-electron chi connectivity index (χ1n) is 31.0. The van der Waals surface area contributed by atoms with E-state index in [2.05, 4.69) is 317 Å². The van der Waals surface area contributed by atoms with Crippen LogP contribution in [-0.4, -0.2) is 13.4 Å². The van der Waals surface area contributed by atoms with Crippen molar-refractivity contribution in [2.24, 2.45) is 0 Å². The van der Waals surface area contributed by atoms with Gasteiger partial charge in [-0.25, -0.2) is 0 Å². The number of rotatable bonds is 6. The van der Waals surface area contributed by atoms with Crippen LogP contribution in [0.2, 0.25) is 0 Å². The van der Waals surface area contributed by atoms with Gasteiger partial charge in [-0.3, -0.25) is 0 Å². The number of benzene rings is 12. The first-order valence-corrected chi connectivity index (χ1v) is 31.0. The highest BCUT2D eigenvalue weighted by atomic mass is 15.2. The normalized spacial score (nSPS) is 19.4. The Labute approximate surface area is 508 Å². The fourth-order valence-corrected chi connectivity index (χ4v) is 18.0. The second-order valence-electron chi connectivity index (χ2n) is 24.9. The molecule has 6 heteroatoms. The van der Waals surface area contributed by atoms with Gasteiger partial charge in [-0.15, -0.1) is 0 Å². The molecule has 1 spiro atoms. The Balaban J connectivity index is 0.834. The highest BCUT2D eigenvalue weighted by Crippen LogP contribution is 2.80. The Morgan fingerprint density at radius 3 is 1.20 bits per heavy atom. The second-order valence-corrected chi connectivity index (χ2v) is 24.9. The van der Waals surface area contributed by atoms with E-state index in [1.807, 2.05) is 0 Å². The van der Waals surface area contributed by atoms with E-state index in [0.717, 1.165) is 17.8 Å². The standard InChI is InChI=1S/C81H54B2N4/c1-5-25-53(26-6-1)84-67-43-19-15-39-63(67)82-64-40-16-20-44-68(64)85(54-27-7-2-8-28-54)72-48-51(47-71(84)79(72)82)57-34-23-36-60-75(57)78-76-58(35-24-38-62(76)81(78)61-37-14-13-33-59(61)77(60)81)52-49-73-80-74(50-52)87(56-31-11-4-12-32-56)70-46-22-18-42-66(70)83(80)65-41-17-21-45-69(65)86(73)55-29-9-3-10-30-55/h1-34,36-50,58,77-78H,35H2/t58-,77?,78-,81-/m1/s1. The number of hydrogen-bond donors (Lipinski definition) is 0. The van der Waals surface area contributed by atoms with Crippen LogP contribution in [0.4, 0.5) is 68.2 Å². The topological polar surface area (TPSA) is 13.0 Å². The van der Waals surface area contributed by atoms with E-state index in [-0.39, 0.29) is 36.6 Å². The largest absolute Gasteiger partial charge is 0.311 e. The smallest absolute Gasteiger partial charge is 0.252 e. The van der Waals surface area contributed by atoms with Gasteiger partial charge in [0.2, 0.25) is 0 Å². The van der Waals surface area contributed by atoms with Crippen LogP contribution in [0.3, 0.4) is 0 Å². The summed E-state index contributed by atoms with van der Waals surface area (Å²) in [7, 11) is 0. The molecular formula is C81H54B2N4. The minimum atomic E-state index is -0.172. The van der Waals surface area contributed by atoms with Gasteiger partial charge in [-0.1, -0.05) is 200 Å². The molecular weight excluding hydrogens is 1050 g/mol. The van der Waals surface area contributed by atoms with E-state index in [1.165, 1.54) is 134 Å². The molecule has 404 valence electrons. The van der Waals surface area contributed by atoms with Crippen LogP contribution >= 0.6 is 0 Å². The molecule has 1 unspecified atom stereocenters. The summed E-state index contributed by atoms with van der Waals surface area (Å²) in [6, 6.07) is 108. The van der Waals surface area contributed by atoms with Crippen LogP contribution in [0.15, 0.2) is 308 Å². The fraction of sp³-hybridized carbons (Fsp3) is 0.0617.